The van der Waals surface area contributed by atoms with Gasteiger partial charge < -0.3 is 9.13 Å². The summed E-state index contributed by atoms with van der Waals surface area (Å²) in [5.74, 6) is 0. The highest BCUT2D eigenvalue weighted by Gasteiger charge is 2.12. The molecule has 44 heavy (non-hydrogen) atoms. The number of unbranched alkanes of at least 4 members (excludes halogenated alkanes) is 12. The maximum atomic E-state index is 11.0. The molecule has 0 amide bonds. The van der Waals surface area contributed by atoms with Gasteiger partial charge in [-0.15, -0.1) is 25.3 Å². The third-order valence-electron chi connectivity index (χ3n) is 8.59. The van der Waals surface area contributed by atoms with E-state index in [1.165, 1.54) is 75.3 Å². The number of rotatable bonds is 26. The first-order valence-electron chi connectivity index (χ1n) is 17.0. The summed E-state index contributed by atoms with van der Waals surface area (Å²) in [4.78, 5) is 30.5. The normalized spacial score (nSPS) is 11.3. The first-order valence-corrected chi connectivity index (χ1v) is 17.9. The summed E-state index contributed by atoms with van der Waals surface area (Å²) in [7, 11) is 0. The van der Waals surface area contributed by atoms with Gasteiger partial charge in [-0.2, -0.15) is 0 Å². The lowest BCUT2D eigenvalue weighted by molar-refractivity contribution is -0.111. The quantitative estimate of drug-likeness (QED) is 0.0681. The summed E-state index contributed by atoms with van der Waals surface area (Å²) in [5, 5.41) is 0.0215. The molecule has 0 unspecified atom stereocenters. The van der Waals surface area contributed by atoms with Crippen LogP contribution in [0.3, 0.4) is 0 Å². The molecule has 0 radical (unpaired) electrons. The molecule has 2 heterocycles. The lowest BCUT2D eigenvalue weighted by Gasteiger charge is -2.18. The first-order chi connectivity index (χ1) is 21.5. The highest BCUT2D eigenvalue weighted by molar-refractivity contribution is 7.96. The second-order valence-corrected chi connectivity index (χ2v) is 13.2. The number of aromatic nitrogens is 4. The van der Waals surface area contributed by atoms with Gasteiger partial charge in [0.05, 0.1) is 12.7 Å². The van der Waals surface area contributed by atoms with Gasteiger partial charge in [0.1, 0.15) is 0 Å². The molecule has 1 aromatic carbocycles. The molecule has 0 bridgehead atoms. The van der Waals surface area contributed by atoms with Crippen LogP contribution in [0.15, 0.2) is 49.6 Å². The van der Waals surface area contributed by atoms with E-state index in [0.29, 0.717) is 12.8 Å². The van der Waals surface area contributed by atoms with E-state index in [9.17, 15) is 9.59 Å². The Bertz CT molecular complexity index is 1100. The van der Waals surface area contributed by atoms with Crippen molar-refractivity contribution in [2.45, 2.75) is 142 Å². The molecule has 8 heteroatoms. The number of aryl methyl sites for hydroxylation is 6. The van der Waals surface area contributed by atoms with E-state index in [1.807, 2.05) is 25.0 Å². The van der Waals surface area contributed by atoms with Crippen LogP contribution < -0.4 is 0 Å². The monoisotopic (exact) mass is 638 g/mol. The largest absolute Gasteiger partial charge is 0.337 e. The van der Waals surface area contributed by atoms with Crippen LogP contribution in [0.4, 0.5) is 0 Å². The van der Waals surface area contributed by atoms with Gasteiger partial charge in [-0.25, -0.2) is 9.97 Å². The van der Waals surface area contributed by atoms with Crippen LogP contribution in [-0.4, -0.2) is 29.3 Å². The van der Waals surface area contributed by atoms with Crippen molar-refractivity contribution in [1.82, 2.24) is 19.1 Å². The Morgan fingerprint density at radius 3 is 1.18 bits per heavy atom. The lowest BCUT2D eigenvalue weighted by Crippen LogP contribution is -2.08. The molecule has 6 nitrogen and oxygen atoms in total. The number of carbonyl (C=O) groups is 2. The van der Waals surface area contributed by atoms with Crippen LogP contribution >= 0.6 is 25.3 Å². The third kappa shape index (κ3) is 15.6. The number of benzene rings is 1. The molecule has 2 aromatic heterocycles. The number of imidazole rings is 2. The van der Waals surface area contributed by atoms with E-state index in [2.05, 4.69) is 68.9 Å². The third-order valence-corrected chi connectivity index (χ3v) is 9.04. The van der Waals surface area contributed by atoms with Gasteiger partial charge in [0.25, 0.3) is 0 Å². The zero-order chi connectivity index (χ0) is 31.2. The van der Waals surface area contributed by atoms with Gasteiger partial charge in [0.2, 0.25) is 0 Å². The number of carbonyl (C=O) groups excluding carboxylic acids is 2. The summed E-state index contributed by atoms with van der Waals surface area (Å²) in [6, 6.07) is 5.07. The molecule has 242 valence electrons. The molecule has 0 saturated carbocycles. The van der Waals surface area contributed by atoms with Crippen LogP contribution in [0.25, 0.3) is 0 Å². The summed E-state index contributed by atoms with van der Waals surface area (Å²) >= 11 is 7.75. The minimum atomic E-state index is 0.0107. The van der Waals surface area contributed by atoms with E-state index < -0.39 is 0 Å². The Hall–Kier alpha value is -2.32. The Morgan fingerprint density at radius 1 is 0.500 bits per heavy atom. The maximum absolute atomic E-state index is 11.0. The maximum Gasteiger partial charge on any atom is 0.185 e. The molecule has 0 aliphatic carbocycles. The fourth-order valence-electron chi connectivity index (χ4n) is 6.01. The number of hydrogen-bond donors (Lipinski definition) is 2. The Balaban J connectivity index is 1.59. The van der Waals surface area contributed by atoms with E-state index in [4.69, 9.17) is 0 Å². The van der Waals surface area contributed by atoms with Crippen molar-refractivity contribution in [2.24, 2.45) is 0 Å². The molecule has 0 saturated heterocycles. The topological polar surface area (TPSA) is 69.8 Å². The van der Waals surface area contributed by atoms with Crippen LogP contribution in [0.1, 0.15) is 125 Å². The Kier molecular flexibility index (Phi) is 18.3. The Labute approximate surface area is 276 Å². The van der Waals surface area contributed by atoms with Gasteiger partial charge in [-0.05, 0) is 73.6 Å². The smallest absolute Gasteiger partial charge is 0.185 e. The van der Waals surface area contributed by atoms with E-state index in [0.717, 1.165) is 64.5 Å². The van der Waals surface area contributed by atoms with Crippen molar-refractivity contribution >= 4 is 35.5 Å². The zero-order valence-corrected chi connectivity index (χ0v) is 28.5. The van der Waals surface area contributed by atoms with Crippen molar-refractivity contribution in [1.29, 1.82) is 0 Å². The average molecular weight is 639 g/mol. The van der Waals surface area contributed by atoms with E-state index in [-0.39, 0.29) is 10.2 Å². The van der Waals surface area contributed by atoms with Gasteiger partial charge in [-0.3, -0.25) is 9.59 Å². The number of thiol groups is 2. The molecular weight excluding hydrogens is 585 g/mol. The van der Waals surface area contributed by atoms with Crippen LogP contribution in [0.2, 0.25) is 0 Å². The van der Waals surface area contributed by atoms with Crippen molar-refractivity contribution in [3.05, 3.63) is 71.8 Å². The molecule has 3 aromatic rings. The van der Waals surface area contributed by atoms with Crippen molar-refractivity contribution < 1.29 is 9.59 Å². The summed E-state index contributed by atoms with van der Waals surface area (Å²) < 4.78 is 4.35. The average Bonchev–Trinajstić information content (AvgIpc) is 3.72. The molecule has 0 atom stereocenters. The zero-order valence-electron chi connectivity index (χ0n) is 26.7. The first kappa shape index (κ1) is 36.2. The van der Waals surface area contributed by atoms with Crippen molar-refractivity contribution in [3.8, 4) is 0 Å². The predicted octanol–water partition coefficient (Wildman–Crippen LogP) is 8.80. The molecular formula is C36H54N4O2S2. The fraction of sp³-hybridized carbons (Fsp3) is 0.611. The van der Waals surface area contributed by atoms with Gasteiger partial charge >= 0.3 is 0 Å². The molecule has 0 aliphatic rings. The van der Waals surface area contributed by atoms with Gasteiger partial charge in [-0.1, -0.05) is 76.3 Å². The van der Waals surface area contributed by atoms with Crippen molar-refractivity contribution in [2.75, 3.05) is 0 Å². The number of nitrogens with zero attached hydrogens (tertiary/aromatic N) is 4. The van der Waals surface area contributed by atoms with Gasteiger partial charge in [0, 0.05) is 50.7 Å². The van der Waals surface area contributed by atoms with Crippen LogP contribution in [0, 0.1) is 0 Å². The highest BCUT2D eigenvalue weighted by atomic mass is 32.1. The Morgan fingerprint density at radius 2 is 0.841 bits per heavy atom. The molecule has 0 spiro atoms. The van der Waals surface area contributed by atoms with Crippen LogP contribution in [-0.2, 0) is 48.4 Å². The second-order valence-electron chi connectivity index (χ2n) is 12.2. The van der Waals surface area contributed by atoms with E-state index in [1.54, 1.807) is 11.1 Å². The lowest BCUT2D eigenvalue weighted by atomic mass is 9.89. The van der Waals surface area contributed by atoms with Gasteiger partial charge in [0.15, 0.2) is 10.2 Å². The SMILES string of the molecule is O=C(S)CCCCCCCCCc1cc(CCn2ccnc2)c(CCn2ccnc2)cc1CCCCCCCCCC(=O)S. The molecule has 3 rings (SSSR count). The summed E-state index contributed by atoms with van der Waals surface area (Å²) in [6.07, 6.45) is 33.8. The number of hydrogen-bond acceptors (Lipinski definition) is 4. The standard InChI is InChI=1S/C36H54N4O2S2/c41-35(43)17-13-9-5-1-3-7-11-15-31-27-33(19-23-39-25-21-37-29-39)34(20-24-40-26-22-38-30-40)28-32(31)16-12-8-4-2-6-10-14-18-36(42)44/h21-22,25-30H,1-20,23-24H2,(H,41,43)(H,42,44). The minimum Gasteiger partial charge on any atom is -0.337 e. The molecule has 0 fully saturated rings. The fourth-order valence-corrected chi connectivity index (χ4v) is 6.33. The minimum absolute atomic E-state index is 0.0107. The van der Waals surface area contributed by atoms with E-state index >= 15 is 0 Å². The van der Waals surface area contributed by atoms with Crippen molar-refractivity contribution in [3.63, 3.8) is 0 Å². The predicted molar refractivity (Wildman–Crippen MR) is 188 cm³/mol. The summed E-state index contributed by atoms with van der Waals surface area (Å²) in [6.45, 7) is 1.88. The molecule has 0 aliphatic heterocycles. The summed E-state index contributed by atoms with van der Waals surface area (Å²) in [5.41, 5.74) is 6.02. The highest BCUT2D eigenvalue weighted by Crippen LogP contribution is 2.24. The second kappa shape index (κ2) is 22.2. The molecule has 0 N–H and O–H groups in total. The van der Waals surface area contributed by atoms with Crippen LogP contribution in [0.5, 0.6) is 0 Å².